The van der Waals surface area contributed by atoms with Gasteiger partial charge in [0.15, 0.2) is 0 Å². The molecule has 2 rings (SSSR count). The molecular weight excluding hydrogens is 237 g/mol. The molecule has 0 aliphatic rings. The highest BCUT2D eigenvalue weighted by Crippen LogP contribution is 2.26. The largest absolute Gasteiger partial charge is 0.313 e. The highest BCUT2D eigenvalue weighted by atomic mass is 19.1. The maximum Gasteiger partial charge on any atom is 0.131 e. The first kappa shape index (κ1) is 13.8. The second-order valence-electron chi connectivity index (χ2n) is 4.80. The number of halogens is 1. The van der Waals surface area contributed by atoms with E-state index in [1.54, 1.807) is 6.07 Å². The fraction of sp³-hybridized carbons (Fsp3) is 0.294. The van der Waals surface area contributed by atoms with Crippen LogP contribution in [0, 0.1) is 5.82 Å². The van der Waals surface area contributed by atoms with E-state index >= 15 is 0 Å². The lowest BCUT2D eigenvalue weighted by atomic mass is 9.98. The predicted octanol–water partition coefficient (Wildman–Crippen LogP) is 4.34. The lowest BCUT2D eigenvalue weighted by Crippen LogP contribution is -2.12. The van der Waals surface area contributed by atoms with Gasteiger partial charge in [0, 0.05) is 11.6 Å². The Labute approximate surface area is 114 Å². The Morgan fingerprint density at radius 2 is 1.79 bits per heavy atom. The molecule has 0 saturated heterocycles. The number of nitrogens with one attached hydrogen (secondary N) is 1. The highest BCUT2D eigenvalue weighted by Gasteiger charge is 2.09. The van der Waals surface area contributed by atoms with Crippen LogP contribution < -0.4 is 5.32 Å². The van der Waals surface area contributed by atoms with Crippen molar-refractivity contribution in [3.8, 4) is 11.1 Å². The lowest BCUT2D eigenvalue weighted by molar-refractivity contribution is 0.622. The molecule has 0 aliphatic carbocycles. The molecule has 100 valence electrons. The Bertz CT molecular complexity index is 546. The van der Waals surface area contributed by atoms with E-state index < -0.39 is 0 Å². The average molecular weight is 257 g/mol. The van der Waals surface area contributed by atoms with Gasteiger partial charge in [0.1, 0.15) is 5.82 Å². The molecule has 1 unspecified atom stereocenters. The van der Waals surface area contributed by atoms with Gasteiger partial charge >= 0.3 is 0 Å². The minimum Gasteiger partial charge on any atom is -0.313 e. The van der Waals surface area contributed by atoms with Gasteiger partial charge < -0.3 is 5.32 Å². The van der Waals surface area contributed by atoms with E-state index in [1.807, 2.05) is 31.3 Å². The van der Waals surface area contributed by atoms with Gasteiger partial charge in [0.2, 0.25) is 0 Å². The molecule has 0 bridgehead atoms. The molecule has 1 N–H and O–H groups in total. The molecule has 0 radical (unpaired) electrons. The van der Waals surface area contributed by atoms with Gasteiger partial charge in [-0.1, -0.05) is 37.3 Å². The third-order valence-corrected chi connectivity index (χ3v) is 3.60. The summed E-state index contributed by atoms with van der Waals surface area (Å²) < 4.78 is 14.0. The van der Waals surface area contributed by atoms with Gasteiger partial charge in [-0.15, -0.1) is 0 Å². The number of hydrogen-bond acceptors (Lipinski definition) is 1. The number of rotatable bonds is 4. The zero-order valence-electron chi connectivity index (χ0n) is 11.7. The van der Waals surface area contributed by atoms with E-state index in [0.717, 1.165) is 17.5 Å². The third kappa shape index (κ3) is 3.02. The quantitative estimate of drug-likeness (QED) is 0.859. The Morgan fingerprint density at radius 3 is 2.37 bits per heavy atom. The van der Waals surface area contributed by atoms with E-state index in [0.29, 0.717) is 5.56 Å². The van der Waals surface area contributed by atoms with Crippen LogP contribution in [0.4, 0.5) is 4.39 Å². The Hall–Kier alpha value is -1.67. The first-order chi connectivity index (χ1) is 9.15. The van der Waals surface area contributed by atoms with Gasteiger partial charge in [-0.05, 0) is 49.2 Å². The number of hydrogen-bond donors (Lipinski definition) is 1. The van der Waals surface area contributed by atoms with Crippen LogP contribution in [0.5, 0.6) is 0 Å². The molecular formula is C17H20FN. The summed E-state index contributed by atoms with van der Waals surface area (Å²) >= 11 is 0. The average Bonchev–Trinajstić information content (AvgIpc) is 2.47. The van der Waals surface area contributed by atoms with Crippen molar-refractivity contribution in [2.24, 2.45) is 0 Å². The zero-order chi connectivity index (χ0) is 13.8. The van der Waals surface area contributed by atoms with Crippen LogP contribution in [0.3, 0.4) is 0 Å². The SMILES string of the molecule is CCc1ccc(-c2cc(C(C)NC)ccc2F)cc1. The van der Waals surface area contributed by atoms with Gasteiger partial charge in [0.25, 0.3) is 0 Å². The summed E-state index contributed by atoms with van der Waals surface area (Å²) in [5, 5.41) is 3.18. The molecule has 1 nitrogen and oxygen atoms in total. The fourth-order valence-electron chi connectivity index (χ4n) is 2.12. The summed E-state index contributed by atoms with van der Waals surface area (Å²) in [5.74, 6) is -0.170. The van der Waals surface area contributed by atoms with Crippen molar-refractivity contribution >= 4 is 0 Å². The molecule has 19 heavy (non-hydrogen) atoms. The summed E-state index contributed by atoms with van der Waals surface area (Å²) in [6.45, 7) is 4.18. The smallest absolute Gasteiger partial charge is 0.131 e. The van der Waals surface area contributed by atoms with Gasteiger partial charge in [0.05, 0.1) is 0 Å². The standard InChI is InChI=1S/C17H20FN/c1-4-13-5-7-14(8-6-13)16-11-15(12(2)19-3)9-10-17(16)18/h5-12,19H,4H2,1-3H3. The van der Waals surface area contributed by atoms with E-state index in [-0.39, 0.29) is 11.9 Å². The molecule has 1 atom stereocenters. The number of benzene rings is 2. The maximum absolute atomic E-state index is 14.0. The first-order valence-electron chi connectivity index (χ1n) is 6.71. The normalized spacial score (nSPS) is 12.4. The van der Waals surface area contributed by atoms with Crippen molar-refractivity contribution in [1.29, 1.82) is 0 Å². The summed E-state index contributed by atoms with van der Waals surface area (Å²) in [7, 11) is 1.91. The predicted molar refractivity (Wildman–Crippen MR) is 78.7 cm³/mol. The van der Waals surface area contributed by atoms with Crippen LogP contribution in [0.2, 0.25) is 0 Å². The zero-order valence-corrected chi connectivity index (χ0v) is 11.7. The van der Waals surface area contributed by atoms with Crippen molar-refractivity contribution in [1.82, 2.24) is 5.32 Å². The van der Waals surface area contributed by atoms with Crippen molar-refractivity contribution in [3.63, 3.8) is 0 Å². The fourth-order valence-corrected chi connectivity index (χ4v) is 2.12. The van der Waals surface area contributed by atoms with Crippen LogP contribution in [0.25, 0.3) is 11.1 Å². The maximum atomic E-state index is 14.0. The molecule has 0 fully saturated rings. The molecule has 2 heteroatoms. The van der Waals surface area contributed by atoms with Crippen LogP contribution in [-0.2, 0) is 6.42 Å². The molecule has 0 aliphatic heterocycles. The molecule has 2 aromatic carbocycles. The second kappa shape index (κ2) is 5.98. The molecule has 2 aromatic rings. The minimum atomic E-state index is -0.170. The van der Waals surface area contributed by atoms with Gasteiger partial charge in [-0.3, -0.25) is 0 Å². The molecule has 0 aromatic heterocycles. The summed E-state index contributed by atoms with van der Waals surface area (Å²) in [6, 6.07) is 13.6. The van der Waals surface area contributed by atoms with Crippen molar-refractivity contribution in [2.45, 2.75) is 26.3 Å². The molecule has 0 heterocycles. The topological polar surface area (TPSA) is 12.0 Å². The Kier molecular flexibility index (Phi) is 4.33. The summed E-state index contributed by atoms with van der Waals surface area (Å²) in [6.07, 6.45) is 1.000. The van der Waals surface area contributed by atoms with E-state index in [4.69, 9.17) is 0 Å². The number of aryl methyl sites for hydroxylation is 1. The van der Waals surface area contributed by atoms with Crippen LogP contribution in [-0.4, -0.2) is 7.05 Å². The van der Waals surface area contributed by atoms with Crippen LogP contribution >= 0.6 is 0 Å². The Balaban J connectivity index is 2.42. The summed E-state index contributed by atoms with van der Waals surface area (Å²) in [4.78, 5) is 0. The van der Waals surface area contributed by atoms with Crippen molar-refractivity contribution in [3.05, 3.63) is 59.4 Å². The molecule has 0 saturated carbocycles. The second-order valence-corrected chi connectivity index (χ2v) is 4.80. The Morgan fingerprint density at radius 1 is 1.11 bits per heavy atom. The van der Waals surface area contributed by atoms with E-state index in [9.17, 15) is 4.39 Å². The van der Waals surface area contributed by atoms with Gasteiger partial charge in [-0.25, -0.2) is 4.39 Å². The highest BCUT2D eigenvalue weighted by molar-refractivity contribution is 5.65. The summed E-state index contributed by atoms with van der Waals surface area (Å²) in [5.41, 5.74) is 3.96. The van der Waals surface area contributed by atoms with Crippen molar-refractivity contribution < 1.29 is 4.39 Å². The van der Waals surface area contributed by atoms with E-state index in [2.05, 4.69) is 31.3 Å². The molecule has 0 spiro atoms. The third-order valence-electron chi connectivity index (χ3n) is 3.60. The molecule has 0 amide bonds. The minimum absolute atomic E-state index is 0.170. The van der Waals surface area contributed by atoms with E-state index in [1.165, 1.54) is 5.56 Å². The van der Waals surface area contributed by atoms with Crippen molar-refractivity contribution in [2.75, 3.05) is 7.05 Å². The van der Waals surface area contributed by atoms with Gasteiger partial charge in [-0.2, -0.15) is 0 Å². The lowest BCUT2D eigenvalue weighted by Gasteiger charge is -2.13. The van der Waals surface area contributed by atoms with Crippen LogP contribution in [0.15, 0.2) is 42.5 Å². The first-order valence-corrected chi connectivity index (χ1v) is 6.71. The monoisotopic (exact) mass is 257 g/mol. The van der Waals surface area contributed by atoms with Crippen LogP contribution in [0.1, 0.15) is 31.0 Å².